The van der Waals surface area contributed by atoms with E-state index in [1.807, 2.05) is 31.2 Å². The first-order chi connectivity index (χ1) is 12.4. The van der Waals surface area contributed by atoms with Gasteiger partial charge in [-0.05, 0) is 43.2 Å². The molecule has 0 saturated heterocycles. The van der Waals surface area contributed by atoms with E-state index in [9.17, 15) is 9.59 Å². The highest BCUT2D eigenvalue weighted by Crippen LogP contribution is 2.33. The fourth-order valence-corrected chi connectivity index (χ4v) is 3.38. The number of anilines is 1. The number of allylic oxidation sites excluding steroid dienone is 1. The predicted molar refractivity (Wildman–Crippen MR) is 103 cm³/mol. The highest BCUT2D eigenvalue weighted by molar-refractivity contribution is 6.35. The fourth-order valence-electron chi connectivity index (χ4n) is 2.87. The normalized spacial score (nSPS) is 16.8. The third-order valence-corrected chi connectivity index (χ3v) is 4.74. The van der Waals surface area contributed by atoms with Crippen molar-refractivity contribution in [1.82, 2.24) is 10.6 Å². The molecule has 0 unspecified atom stereocenters. The van der Waals surface area contributed by atoms with E-state index >= 15 is 0 Å². The van der Waals surface area contributed by atoms with Crippen LogP contribution in [0, 0.1) is 6.92 Å². The minimum Gasteiger partial charge on any atom is -0.327 e. The molecule has 1 aliphatic heterocycles. The summed E-state index contributed by atoms with van der Waals surface area (Å²) in [5.41, 5.74) is 3.09. The molecule has 3 amide bonds. The maximum atomic E-state index is 13.0. The van der Waals surface area contributed by atoms with E-state index in [0.29, 0.717) is 32.6 Å². The second-order valence-corrected chi connectivity index (χ2v) is 6.85. The molecule has 3 N–H and O–H groups in total. The summed E-state index contributed by atoms with van der Waals surface area (Å²) in [5.74, 6) is -0.319. The van der Waals surface area contributed by atoms with Gasteiger partial charge in [0.25, 0.3) is 5.91 Å². The zero-order chi connectivity index (χ0) is 18.8. The fraction of sp³-hybridized carbons (Fsp3) is 0.158. The first-order valence-electron chi connectivity index (χ1n) is 7.97. The highest BCUT2D eigenvalue weighted by Gasteiger charge is 2.32. The SMILES string of the molecule is CC1=C(C(=O)Nc2ccccc2C)[C@H](c2ccc(Cl)cc2Cl)NC(=O)N1. The molecule has 2 aromatic carbocycles. The van der Waals surface area contributed by atoms with Crippen LogP contribution in [0.3, 0.4) is 0 Å². The van der Waals surface area contributed by atoms with Crippen LogP contribution < -0.4 is 16.0 Å². The molecule has 7 heteroatoms. The van der Waals surface area contributed by atoms with Gasteiger partial charge < -0.3 is 16.0 Å². The summed E-state index contributed by atoms with van der Waals surface area (Å²) in [6.45, 7) is 3.59. The van der Waals surface area contributed by atoms with Crippen LogP contribution in [0.4, 0.5) is 10.5 Å². The molecule has 134 valence electrons. The molecule has 0 saturated carbocycles. The lowest BCUT2D eigenvalue weighted by atomic mass is 9.94. The van der Waals surface area contributed by atoms with Crippen LogP contribution in [-0.2, 0) is 4.79 Å². The number of urea groups is 1. The summed E-state index contributed by atoms with van der Waals surface area (Å²) in [7, 11) is 0. The molecule has 1 heterocycles. The number of hydrogen-bond acceptors (Lipinski definition) is 2. The Kier molecular flexibility index (Phi) is 5.20. The number of aryl methyl sites for hydroxylation is 1. The van der Waals surface area contributed by atoms with Gasteiger partial charge in [0, 0.05) is 21.4 Å². The van der Waals surface area contributed by atoms with Gasteiger partial charge in [-0.25, -0.2) is 4.79 Å². The molecule has 0 bridgehead atoms. The summed E-state index contributed by atoms with van der Waals surface area (Å²) in [6.07, 6.45) is 0. The van der Waals surface area contributed by atoms with Crippen LogP contribution in [-0.4, -0.2) is 11.9 Å². The molecule has 5 nitrogen and oxygen atoms in total. The minimum absolute atomic E-state index is 0.319. The van der Waals surface area contributed by atoms with Gasteiger partial charge >= 0.3 is 6.03 Å². The van der Waals surface area contributed by atoms with E-state index in [2.05, 4.69) is 16.0 Å². The van der Waals surface area contributed by atoms with E-state index < -0.39 is 12.1 Å². The molecular weight excluding hydrogens is 373 g/mol. The molecule has 0 radical (unpaired) electrons. The van der Waals surface area contributed by atoms with Gasteiger partial charge in [0.05, 0.1) is 11.6 Å². The summed E-state index contributed by atoms with van der Waals surface area (Å²) >= 11 is 12.3. The Labute approximate surface area is 161 Å². The van der Waals surface area contributed by atoms with Crippen molar-refractivity contribution < 1.29 is 9.59 Å². The van der Waals surface area contributed by atoms with Gasteiger partial charge in [-0.2, -0.15) is 0 Å². The number of amides is 3. The number of halogens is 2. The molecule has 0 spiro atoms. The van der Waals surface area contributed by atoms with E-state index in [4.69, 9.17) is 23.2 Å². The number of benzene rings is 2. The second-order valence-electron chi connectivity index (χ2n) is 6.01. The topological polar surface area (TPSA) is 70.2 Å². The van der Waals surface area contributed by atoms with Gasteiger partial charge in [0.2, 0.25) is 0 Å². The maximum absolute atomic E-state index is 13.0. The van der Waals surface area contributed by atoms with Crippen molar-refractivity contribution in [1.29, 1.82) is 0 Å². The van der Waals surface area contributed by atoms with Gasteiger partial charge in [0.15, 0.2) is 0 Å². The number of carbonyl (C=O) groups excluding carboxylic acids is 2. The number of rotatable bonds is 3. The van der Waals surface area contributed by atoms with Crippen molar-refractivity contribution in [3.63, 3.8) is 0 Å². The Morgan fingerprint density at radius 3 is 2.54 bits per heavy atom. The van der Waals surface area contributed by atoms with Gasteiger partial charge in [-0.1, -0.05) is 47.5 Å². The predicted octanol–water partition coefficient (Wildman–Crippen LogP) is 4.57. The Morgan fingerprint density at radius 1 is 1.12 bits per heavy atom. The third kappa shape index (κ3) is 3.69. The van der Waals surface area contributed by atoms with Crippen molar-refractivity contribution in [2.75, 3.05) is 5.32 Å². The van der Waals surface area contributed by atoms with Gasteiger partial charge in [-0.3, -0.25) is 4.79 Å². The average molecular weight is 390 g/mol. The summed E-state index contributed by atoms with van der Waals surface area (Å²) in [4.78, 5) is 24.9. The van der Waals surface area contributed by atoms with Gasteiger partial charge in [0.1, 0.15) is 0 Å². The first kappa shape index (κ1) is 18.3. The molecule has 3 rings (SSSR count). The lowest BCUT2D eigenvalue weighted by Crippen LogP contribution is -2.46. The van der Waals surface area contributed by atoms with Crippen LogP contribution in [0.25, 0.3) is 0 Å². The summed E-state index contributed by atoms with van der Waals surface area (Å²) in [6, 6.07) is 11.3. The van der Waals surface area contributed by atoms with Crippen molar-refractivity contribution in [2.24, 2.45) is 0 Å². The molecule has 0 aliphatic carbocycles. The number of hydrogen-bond donors (Lipinski definition) is 3. The van der Waals surface area contributed by atoms with Crippen molar-refractivity contribution in [2.45, 2.75) is 19.9 Å². The van der Waals surface area contributed by atoms with E-state index in [0.717, 1.165) is 5.56 Å². The molecule has 2 aromatic rings. The van der Waals surface area contributed by atoms with Crippen LogP contribution in [0.15, 0.2) is 53.7 Å². The second kappa shape index (κ2) is 7.40. The largest absolute Gasteiger partial charge is 0.327 e. The Morgan fingerprint density at radius 2 is 1.85 bits per heavy atom. The lowest BCUT2D eigenvalue weighted by Gasteiger charge is -2.29. The Hall–Kier alpha value is -2.50. The zero-order valence-corrected chi connectivity index (χ0v) is 15.7. The molecule has 26 heavy (non-hydrogen) atoms. The monoisotopic (exact) mass is 389 g/mol. The summed E-state index contributed by atoms with van der Waals surface area (Å²) in [5, 5.41) is 9.15. The third-order valence-electron chi connectivity index (χ3n) is 4.18. The van der Waals surface area contributed by atoms with Gasteiger partial charge in [-0.15, -0.1) is 0 Å². The minimum atomic E-state index is -0.683. The van der Waals surface area contributed by atoms with E-state index in [1.165, 1.54) is 0 Å². The first-order valence-corrected chi connectivity index (χ1v) is 8.72. The summed E-state index contributed by atoms with van der Waals surface area (Å²) < 4.78 is 0. The van der Waals surface area contributed by atoms with E-state index in [1.54, 1.807) is 25.1 Å². The zero-order valence-electron chi connectivity index (χ0n) is 14.2. The van der Waals surface area contributed by atoms with Crippen molar-refractivity contribution >= 4 is 40.8 Å². The van der Waals surface area contributed by atoms with E-state index in [-0.39, 0.29) is 5.91 Å². The van der Waals surface area contributed by atoms with Crippen LogP contribution in [0.2, 0.25) is 10.0 Å². The number of nitrogens with one attached hydrogen (secondary N) is 3. The molecule has 1 atom stereocenters. The quantitative estimate of drug-likeness (QED) is 0.719. The standard InChI is InChI=1S/C19H17Cl2N3O2/c1-10-5-3-4-6-15(10)23-18(25)16-11(2)22-19(26)24-17(16)13-8-7-12(20)9-14(13)21/h3-9,17H,1-2H3,(H,23,25)(H2,22,24,26)/t17-/m0/s1. The van der Waals surface area contributed by atoms with Crippen LogP contribution >= 0.6 is 23.2 Å². The highest BCUT2D eigenvalue weighted by atomic mass is 35.5. The maximum Gasteiger partial charge on any atom is 0.319 e. The average Bonchev–Trinajstić information content (AvgIpc) is 2.56. The number of carbonyl (C=O) groups is 2. The van der Waals surface area contributed by atoms with Crippen LogP contribution in [0.5, 0.6) is 0 Å². The molecular formula is C19H17Cl2N3O2. The van der Waals surface area contributed by atoms with Crippen molar-refractivity contribution in [3.8, 4) is 0 Å². The molecule has 0 fully saturated rings. The lowest BCUT2D eigenvalue weighted by molar-refractivity contribution is -0.113. The molecule has 0 aromatic heterocycles. The molecule has 1 aliphatic rings. The Bertz CT molecular complexity index is 925. The number of para-hydroxylation sites is 1. The smallest absolute Gasteiger partial charge is 0.319 e. The Balaban J connectivity index is 2.00. The van der Waals surface area contributed by atoms with Crippen LogP contribution in [0.1, 0.15) is 24.1 Å². The van der Waals surface area contributed by atoms with Crippen molar-refractivity contribution in [3.05, 3.63) is 74.9 Å².